The van der Waals surface area contributed by atoms with Gasteiger partial charge in [-0.1, -0.05) is 12.1 Å². The number of likely N-dealkylation sites (N-methyl/N-ethyl adjacent to an activating group) is 1. The lowest BCUT2D eigenvalue weighted by molar-refractivity contribution is 0.0368. The summed E-state index contributed by atoms with van der Waals surface area (Å²) < 4.78 is 0. The molecule has 0 saturated heterocycles. The summed E-state index contributed by atoms with van der Waals surface area (Å²) in [5.74, 6) is 0.335. The van der Waals surface area contributed by atoms with Gasteiger partial charge in [0.2, 0.25) is 0 Å². The molecule has 3 nitrogen and oxygen atoms in total. The zero-order valence-corrected chi connectivity index (χ0v) is 11.2. The summed E-state index contributed by atoms with van der Waals surface area (Å²) in [7, 11) is 1.68. The smallest absolute Gasteiger partial charge is 0.253 e. The molecule has 0 fully saturated rings. The van der Waals surface area contributed by atoms with Crippen LogP contribution in [0.15, 0.2) is 24.3 Å². The van der Waals surface area contributed by atoms with Crippen LogP contribution < -0.4 is 0 Å². The van der Waals surface area contributed by atoms with E-state index < -0.39 is 5.60 Å². The fourth-order valence-corrected chi connectivity index (χ4v) is 1.79. The van der Waals surface area contributed by atoms with E-state index in [2.05, 4.69) is 0 Å². The number of hydrogen-bond donors (Lipinski definition) is 1. The molecule has 0 atom stereocenters. The van der Waals surface area contributed by atoms with Crippen molar-refractivity contribution in [1.29, 1.82) is 0 Å². The minimum atomic E-state index is -0.888. The summed E-state index contributed by atoms with van der Waals surface area (Å²) in [6.07, 6.45) is 0. The second-order valence-electron chi connectivity index (χ2n) is 4.80. The van der Waals surface area contributed by atoms with Crippen LogP contribution in [0.25, 0.3) is 0 Å². The van der Waals surface area contributed by atoms with E-state index in [9.17, 15) is 9.90 Å². The van der Waals surface area contributed by atoms with E-state index in [4.69, 9.17) is 11.6 Å². The second-order valence-corrected chi connectivity index (χ2v) is 5.07. The van der Waals surface area contributed by atoms with Gasteiger partial charge in [0.05, 0.1) is 5.60 Å². The van der Waals surface area contributed by atoms with E-state index >= 15 is 0 Å². The van der Waals surface area contributed by atoms with E-state index in [0.29, 0.717) is 18.0 Å². The first-order chi connectivity index (χ1) is 7.83. The third kappa shape index (κ3) is 4.36. The van der Waals surface area contributed by atoms with Crippen molar-refractivity contribution in [3.63, 3.8) is 0 Å². The van der Waals surface area contributed by atoms with E-state index in [1.165, 1.54) is 4.90 Å². The van der Waals surface area contributed by atoms with E-state index in [0.717, 1.165) is 5.56 Å². The maximum atomic E-state index is 12.0. The van der Waals surface area contributed by atoms with Crippen LogP contribution in [-0.4, -0.2) is 35.1 Å². The highest BCUT2D eigenvalue weighted by molar-refractivity contribution is 6.17. The van der Waals surface area contributed by atoms with Crippen molar-refractivity contribution in [3.8, 4) is 0 Å². The molecule has 1 rings (SSSR count). The molecule has 17 heavy (non-hydrogen) atoms. The third-order valence-electron chi connectivity index (χ3n) is 2.33. The SMILES string of the molecule is CN(CC(C)(C)O)C(=O)c1ccc(CCl)cc1. The molecule has 0 bridgehead atoms. The van der Waals surface area contributed by atoms with Gasteiger partial charge in [0.15, 0.2) is 0 Å². The molecule has 0 heterocycles. The molecule has 0 aromatic heterocycles. The quantitative estimate of drug-likeness (QED) is 0.839. The molecule has 1 aromatic carbocycles. The van der Waals surface area contributed by atoms with Crippen LogP contribution in [0.4, 0.5) is 0 Å². The Morgan fingerprint density at radius 2 is 1.88 bits per heavy atom. The van der Waals surface area contributed by atoms with Crippen molar-refractivity contribution in [2.75, 3.05) is 13.6 Å². The average Bonchev–Trinajstić information content (AvgIpc) is 2.26. The van der Waals surface area contributed by atoms with E-state index in [1.54, 1.807) is 33.0 Å². The first kappa shape index (κ1) is 14.0. The summed E-state index contributed by atoms with van der Waals surface area (Å²) in [5, 5.41) is 9.65. The average molecular weight is 256 g/mol. The van der Waals surface area contributed by atoms with Crippen LogP contribution in [0.3, 0.4) is 0 Å². The molecular weight excluding hydrogens is 238 g/mol. The molecule has 1 N–H and O–H groups in total. The van der Waals surface area contributed by atoms with Crippen LogP contribution in [0.1, 0.15) is 29.8 Å². The predicted molar refractivity (Wildman–Crippen MR) is 69.3 cm³/mol. The van der Waals surface area contributed by atoms with Crippen molar-refractivity contribution in [3.05, 3.63) is 35.4 Å². The lowest BCUT2D eigenvalue weighted by atomic mass is 10.1. The van der Waals surface area contributed by atoms with Gasteiger partial charge in [-0.25, -0.2) is 0 Å². The van der Waals surface area contributed by atoms with Crippen molar-refractivity contribution in [2.24, 2.45) is 0 Å². The van der Waals surface area contributed by atoms with E-state index in [-0.39, 0.29) is 5.91 Å². The first-order valence-corrected chi connectivity index (χ1v) is 6.00. The zero-order chi connectivity index (χ0) is 13.1. The Labute approximate surface area is 107 Å². The van der Waals surface area contributed by atoms with Crippen LogP contribution >= 0.6 is 11.6 Å². The van der Waals surface area contributed by atoms with Crippen molar-refractivity contribution >= 4 is 17.5 Å². The van der Waals surface area contributed by atoms with Crippen LogP contribution in [-0.2, 0) is 5.88 Å². The van der Waals surface area contributed by atoms with Gasteiger partial charge in [0.1, 0.15) is 0 Å². The summed E-state index contributed by atoms with van der Waals surface area (Å²) in [6, 6.07) is 7.16. The van der Waals surface area contributed by atoms with E-state index in [1.807, 2.05) is 12.1 Å². The van der Waals surface area contributed by atoms with Crippen molar-refractivity contribution in [2.45, 2.75) is 25.3 Å². The Morgan fingerprint density at radius 3 is 2.29 bits per heavy atom. The maximum absolute atomic E-state index is 12.0. The minimum absolute atomic E-state index is 0.103. The van der Waals surface area contributed by atoms with Gasteiger partial charge in [-0.3, -0.25) is 4.79 Å². The van der Waals surface area contributed by atoms with Crippen LogP contribution in [0.5, 0.6) is 0 Å². The number of benzene rings is 1. The van der Waals surface area contributed by atoms with Gasteiger partial charge in [-0.2, -0.15) is 0 Å². The second kappa shape index (κ2) is 5.52. The Balaban J connectivity index is 2.75. The van der Waals surface area contributed by atoms with Gasteiger partial charge >= 0.3 is 0 Å². The molecule has 4 heteroatoms. The largest absolute Gasteiger partial charge is 0.389 e. The first-order valence-electron chi connectivity index (χ1n) is 5.46. The third-order valence-corrected chi connectivity index (χ3v) is 2.63. The molecule has 0 aliphatic carbocycles. The number of halogens is 1. The zero-order valence-electron chi connectivity index (χ0n) is 10.4. The molecule has 94 valence electrons. The Hall–Kier alpha value is -1.06. The molecule has 0 saturated carbocycles. The Morgan fingerprint density at radius 1 is 1.35 bits per heavy atom. The van der Waals surface area contributed by atoms with Crippen molar-refractivity contribution < 1.29 is 9.90 Å². The van der Waals surface area contributed by atoms with Crippen molar-refractivity contribution in [1.82, 2.24) is 4.90 Å². The lowest BCUT2D eigenvalue weighted by Gasteiger charge is -2.25. The highest BCUT2D eigenvalue weighted by atomic mass is 35.5. The molecule has 1 aromatic rings. The van der Waals surface area contributed by atoms with Gasteiger partial charge in [0.25, 0.3) is 5.91 Å². The number of aliphatic hydroxyl groups is 1. The predicted octanol–water partition coefficient (Wildman–Crippen LogP) is 2.27. The molecule has 0 aliphatic rings. The van der Waals surface area contributed by atoms with Crippen LogP contribution in [0, 0.1) is 0 Å². The molecular formula is C13H18ClNO2. The topological polar surface area (TPSA) is 40.5 Å². The fraction of sp³-hybridized carbons (Fsp3) is 0.462. The minimum Gasteiger partial charge on any atom is -0.389 e. The number of amides is 1. The molecule has 0 radical (unpaired) electrons. The van der Waals surface area contributed by atoms with Crippen LogP contribution in [0.2, 0.25) is 0 Å². The number of alkyl halides is 1. The normalized spacial score (nSPS) is 11.4. The number of carbonyl (C=O) groups is 1. The molecule has 0 unspecified atom stereocenters. The number of nitrogens with zero attached hydrogens (tertiary/aromatic N) is 1. The standard InChI is InChI=1S/C13H18ClNO2/c1-13(2,17)9-15(3)12(16)11-6-4-10(8-14)5-7-11/h4-7,17H,8-9H2,1-3H3. The maximum Gasteiger partial charge on any atom is 0.253 e. The fourth-order valence-electron chi connectivity index (χ4n) is 1.61. The lowest BCUT2D eigenvalue weighted by Crippen LogP contribution is -2.39. The summed E-state index contributed by atoms with van der Waals surface area (Å²) in [5.41, 5.74) is 0.694. The van der Waals surface area contributed by atoms with Gasteiger partial charge in [0, 0.05) is 25.0 Å². The highest BCUT2D eigenvalue weighted by Gasteiger charge is 2.20. The molecule has 0 spiro atoms. The number of carbonyl (C=O) groups excluding carboxylic acids is 1. The summed E-state index contributed by atoms with van der Waals surface area (Å²) in [4.78, 5) is 13.5. The van der Waals surface area contributed by atoms with Gasteiger partial charge < -0.3 is 10.0 Å². The summed E-state index contributed by atoms with van der Waals surface area (Å²) in [6.45, 7) is 3.64. The number of rotatable bonds is 4. The monoisotopic (exact) mass is 255 g/mol. The molecule has 0 aliphatic heterocycles. The summed E-state index contributed by atoms with van der Waals surface area (Å²) >= 11 is 5.68. The highest BCUT2D eigenvalue weighted by Crippen LogP contribution is 2.11. The Kier molecular flexibility index (Phi) is 4.54. The van der Waals surface area contributed by atoms with Gasteiger partial charge in [-0.15, -0.1) is 11.6 Å². The number of hydrogen-bond acceptors (Lipinski definition) is 2. The van der Waals surface area contributed by atoms with Gasteiger partial charge in [-0.05, 0) is 31.5 Å². The molecule has 1 amide bonds. The Bertz CT molecular complexity index is 381.